The van der Waals surface area contributed by atoms with E-state index in [0.29, 0.717) is 23.6 Å². The molecule has 0 bridgehead atoms. The van der Waals surface area contributed by atoms with Gasteiger partial charge in [-0.1, -0.05) is 0 Å². The Balaban J connectivity index is 1.40. The summed E-state index contributed by atoms with van der Waals surface area (Å²) in [6.07, 6.45) is 3.79. The summed E-state index contributed by atoms with van der Waals surface area (Å²) in [6.45, 7) is 0.657. The highest BCUT2D eigenvalue weighted by Crippen LogP contribution is 2.17. The second kappa shape index (κ2) is 9.00. The molecule has 3 rings (SSSR count). The summed E-state index contributed by atoms with van der Waals surface area (Å²) >= 11 is 1.46. The smallest absolute Gasteiger partial charge is 0.252 e. The van der Waals surface area contributed by atoms with Gasteiger partial charge in [-0.15, -0.1) is 0 Å². The Morgan fingerprint density at radius 3 is 2.70 bits per heavy atom. The second-order valence-electron chi connectivity index (χ2n) is 5.83. The molecule has 0 unspecified atom stereocenters. The fourth-order valence-electron chi connectivity index (χ4n) is 2.33. The van der Waals surface area contributed by atoms with E-state index in [0.717, 1.165) is 5.82 Å². The highest BCUT2D eigenvalue weighted by Gasteiger charge is 2.07. The van der Waals surface area contributed by atoms with Crippen LogP contribution in [0.4, 0.5) is 5.69 Å². The van der Waals surface area contributed by atoms with Gasteiger partial charge in [0, 0.05) is 49.0 Å². The second-order valence-corrected chi connectivity index (χ2v) is 6.61. The number of hydrogen-bond acceptors (Lipinski definition) is 5. The molecule has 2 aromatic heterocycles. The van der Waals surface area contributed by atoms with Gasteiger partial charge >= 0.3 is 0 Å². The summed E-state index contributed by atoms with van der Waals surface area (Å²) in [6, 6.07) is 8.87. The molecule has 0 aliphatic carbocycles. The largest absolute Gasteiger partial charge is 0.486 e. The van der Waals surface area contributed by atoms with E-state index in [9.17, 15) is 9.59 Å². The van der Waals surface area contributed by atoms with Crippen LogP contribution >= 0.6 is 11.3 Å². The van der Waals surface area contributed by atoms with Crippen molar-refractivity contribution >= 4 is 28.8 Å². The highest BCUT2D eigenvalue weighted by atomic mass is 32.1. The minimum absolute atomic E-state index is 0.165. The Hall–Kier alpha value is -3.13. The van der Waals surface area contributed by atoms with E-state index in [4.69, 9.17) is 4.74 Å². The van der Waals surface area contributed by atoms with Crippen LogP contribution in [-0.2, 0) is 18.4 Å². The van der Waals surface area contributed by atoms with Crippen LogP contribution in [0.15, 0.2) is 53.5 Å². The Morgan fingerprint density at radius 1 is 1.22 bits per heavy atom. The van der Waals surface area contributed by atoms with Crippen molar-refractivity contribution in [3.63, 3.8) is 0 Å². The van der Waals surface area contributed by atoms with Crippen LogP contribution in [0.25, 0.3) is 0 Å². The number of hydrogen-bond donors (Lipinski definition) is 2. The van der Waals surface area contributed by atoms with E-state index in [2.05, 4.69) is 15.6 Å². The fraction of sp³-hybridized carbons (Fsp3) is 0.211. The van der Waals surface area contributed by atoms with Gasteiger partial charge in [-0.05, 0) is 35.7 Å². The summed E-state index contributed by atoms with van der Waals surface area (Å²) in [7, 11) is 1.91. The van der Waals surface area contributed by atoms with Crippen LogP contribution in [0, 0.1) is 0 Å². The maximum Gasteiger partial charge on any atom is 0.252 e. The van der Waals surface area contributed by atoms with Gasteiger partial charge in [0.1, 0.15) is 18.2 Å². The zero-order valence-electron chi connectivity index (χ0n) is 14.8. The lowest BCUT2D eigenvalue weighted by Crippen LogP contribution is -2.27. The van der Waals surface area contributed by atoms with Gasteiger partial charge in [-0.3, -0.25) is 9.59 Å². The number of anilines is 1. The fourth-order valence-corrected chi connectivity index (χ4v) is 2.96. The first-order valence-corrected chi connectivity index (χ1v) is 9.35. The Bertz CT molecular complexity index is 888. The van der Waals surface area contributed by atoms with Gasteiger partial charge in [0.15, 0.2) is 0 Å². The maximum atomic E-state index is 12.0. The lowest BCUT2D eigenvalue weighted by molar-refractivity contribution is -0.116. The maximum absolute atomic E-state index is 12.0. The van der Waals surface area contributed by atoms with Crippen molar-refractivity contribution in [1.29, 1.82) is 0 Å². The molecule has 0 saturated heterocycles. The standard InChI is InChI=1S/C19H20N4O3S/c1-23-10-9-20-17(23)12-26-16-4-2-15(3-5-16)22-18(24)6-8-21-19(25)14-7-11-27-13-14/h2-5,7,9-11,13H,6,8,12H2,1H3,(H,21,25)(H,22,24). The third-order valence-electron chi connectivity index (χ3n) is 3.85. The van der Waals surface area contributed by atoms with E-state index in [1.165, 1.54) is 11.3 Å². The van der Waals surface area contributed by atoms with Crippen molar-refractivity contribution < 1.29 is 14.3 Å². The molecule has 3 aromatic rings. The average molecular weight is 384 g/mol. The molecule has 7 nitrogen and oxygen atoms in total. The number of rotatable bonds is 8. The number of imidazole rings is 1. The Labute approximate surface area is 161 Å². The molecule has 140 valence electrons. The number of aryl methyl sites for hydroxylation is 1. The number of amides is 2. The van der Waals surface area contributed by atoms with Crippen LogP contribution in [0.5, 0.6) is 5.75 Å². The van der Waals surface area contributed by atoms with Gasteiger partial charge in [0.2, 0.25) is 5.91 Å². The van der Waals surface area contributed by atoms with E-state index in [1.54, 1.807) is 41.9 Å². The molecule has 0 aliphatic rings. The average Bonchev–Trinajstić information content (AvgIpc) is 3.33. The first kappa shape index (κ1) is 18.7. The van der Waals surface area contributed by atoms with Gasteiger partial charge < -0.3 is 19.9 Å². The Kier molecular flexibility index (Phi) is 6.22. The topological polar surface area (TPSA) is 85.2 Å². The van der Waals surface area contributed by atoms with Gasteiger partial charge in [-0.25, -0.2) is 4.98 Å². The van der Waals surface area contributed by atoms with E-state index >= 15 is 0 Å². The molecule has 27 heavy (non-hydrogen) atoms. The van der Waals surface area contributed by atoms with Crippen LogP contribution < -0.4 is 15.4 Å². The van der Waals surface area contributed by atoms with Gasteiger partial charge in [0.05, 0.1) is 0 Å². The monoisotopic (exact) mass is 384 g/mol. The number of nitrogens with zero attached hydrogens (tertiary/aromatic N) is 2. The predicted molar refractivity (Wildman–Crippen MR) is 104 cm³/mol. The molecular formula is C19H20N4O3S. The molecule has 2 heterocycles. The third kappa shape index (κ3) is 5.42. The Morgan fingerprint density at radius 2 is 2.04 bits per heavy atom. The first-order chi connectivity index (χ1) is 13.1. The van der Waals surface area contributed by atoms with E-state index < -0.39 is 0 Å². The SMILES string of the molecule is Cn1ccnc1COc1ccc(NC(=O)CCNC(=O)c2ccsc2)cc1. The minimum atomic E-state index is -0.168. The van der Waals surface area contributed by atoms with Crippen LogP contribution in [-0.4, -0.2) is 27.9 Å². The van der Waals surface area contributed by atoms with Crippen molar-refractivity contribution in [2.24, 2.45) is 7.05 Å². The number of ether oxygens (including phenoxy) is 1. The number of thiophene rings is 1. The number of nitrogens with one attached hydrogen (secondary N) is 2. The molecule has 0 spiro atoms. The zero-order valence-corrected chi connectivity index (χ0v) is 15.7. The highest BCUT2D eigenvalue weighted by molar-refractivity contribution is 7.08. The summed E-state index contributed by atoms with van der Waals surface area (Å²) in [4.78, 5) is 28.0. The molecule has 0 radical (unpaired) electrons. The number of aromatic nitrogens is 2. The van der Waals surface area contributed by atoms with Crippen molar-refractivity contribution in [3.05, 3.63) is 64.9 Å². The molecular weight excluding hydrogens is 364 g/mol. The van der Waals surface area contributed by atoms with Crippen LogP contribution in [0.2, 0.25) is 0 Å². The molecule has 0 aliphatic heterocycles. The number of carbonyl (C=O) groups excluding carboxylic acids is 2. The van der Waals surface area contributed by atoms with E-state index in [-0.39, 0.29) is 24.8 Å². The van der Waals surface area contributed by atoms with E-state index in [1.807, 2.05) is 23.2 Å². The van der Waals surface area contributed by atoms with Crippen molar-refractivity contribution in [3.8, 4) is 5.75 Å². The minimum Gasteiger partial charge on any atom is -0.486 e. The predicted octanol–water partition coefficient (Wildman–Crippen LogP) is 2.82. The summed E-state index contributed by atoms with van der Waals surface area (Å²) < 4.78 is 7.57. The quantitative estimate of drug-likeness (QED) is 0.625. The van der Waals surface area contributed by atoms with Crippen molar-refractivity contribution in [2.45, 2.75) is 13.0 Å². The lowest BCUT2D eigenvalue weighted by atomic mass is 10.3. The number of benzene rings is 1. The summed E-state index contributed by atoms with van der Waals surface area (Å²) in [5.41, 5.74) is 1.29. The number of carbonyl (C=O) groups is 2. The van der Waals surface area contributed by atoms with Crippen molar-refractivity contribution in [1.82, 2.24) is 14.9 Å². The summed E-state index contributed by atoms with van der Waals surface area (Å²) in [5, 5.41) is 9.13. The van der Waals surface area contributed by atoms with Crippen LogP contribution in [0.1, 0.15) is 22.6 Å². The molecule has 0 atom stereocenters. The normalized spacial score (nSPS) is 10.4. The summed E-state index contributed by atoms with van der Waals surface area (Å²) in [5.74, 6) is 1.19. The van der Waals surface area contributed by atoms with Gasteiger partial charge in [-0.2, -0.15) is 11.3 Å². The molecule has 0 fully saturated rings. The molecule has 2 amide bonds. The zero-order chi connectivity index (χ0) is 19.1. The molecule has 1 aromatic carbocycles. The van der Waals surface area contributed by atoms with Gasteiger partial charge in [0.25, 0.3) is 5.91 Å². The molecule has 2 N–H and O–H groups in total. The molecule has 0 saturated carbocycles. The third-order valence-corrected chi connectivity index (χ3v) is 4.53. The lowest BCUT2D eigenvalue weighted by Gasteiger charge is -2.09. The molecule has 8 heteroatoms. The van der Waals surface area contributed by atoms with Crippen molar-refractivity contribution in [2.75, 3.05) is 11.9 Å². The van der Waals surface area contributed by atoms with Crippen LogP contribution in [0.3, 0.4) is 0 Å². The first-order valence-electron chi connectivity index (χ1n) is 8.41.